The summed E-state index contributed by atoms with van der Waals surface area (Å²) in [7, 11) is 0. The van der Waals surface area contributed by atoms with Gasteiger partial charge >= 0.3 is 5.97 Å². The van der Waals surface area contributed by atoms with E-state index in [1.807, 2.05) is 0 Å². The number of rotatable bonds is 11. The van der Waals surface area contributed by atoms with Gasteiger partial charge in [-0.25, -0.2) is 4.79 Å². The minimum absolute atomic E-state index is 0.0730. The van der Waals surface area contributed by atoms with Gasteiger partial charge in [-0.2, -0.15) is 0 Å². The normalized spacial score (nSPS) is 16.9. The number of unbranched alkanes of at least 4 members (excludes halogenated alkanes) is 6. The van der Waals surface area contributed by atoms with Crippen molar-refractivity contribution in [2.45, 2.75) is 70.3 Å². The second kappa shape index (κ2) is 10.8. The van der Waals surface area contributed by atoms with E-state index in [0.29, 0.717) is 19.4 Å². The van der Waals surface area contributed by atoms with Gasteiger partial charge in [-0.1, -0.05) is 25.7 Å². The molecule has 0 spiro atoms. The highest BCUT2D eigenvalue weighted by atomic mass is 16.5. The van der Waals surface area contributed by atoms with Crippen LogP contribution >= 0.6 is 0 Å². The maximum atomic E-state index is 11.7. The summed E-state index contributed by atoms with van der Waals surface area (Å²) >= 11 is 0. The molecular formula is C17H25NO4. The maximum Gasteiger partial charge on any atom is 0.328 e. The number of amides is 1. The Kier molecular flexibility index (Phi) is 8.97. The number of Topliss-reactive ketones (excluding diaryl/α,β-unsaturated/α-hetero) is 1. The van der Waals surface area contributed by atoms with Crippen molar-refractivity contribution in [3.05, 3.63) is 0 Å². The van der Waals surface area contributed by atoms with Gasteiger partial charge in [0.25, 0.3) is 0 Å². The molecule has 1 N–H and O–H groups in total. The Balaban J connectivity index is 2.00. The first-order valence-corrected chi connectivity index (χ1v) is 8.04. The van der Waals surface area contributed by atoms with Crippen molar-refractivity contribution in [3.63, 3.8) is 0 Å². The van der Waals surface area contributed by atoms with Crippen LogP contribution in [0.15, 0.2) is 0 Å². The highest BCUT2D eigenvalue weighted by molar-refractivity contribution is 5.99. The third kappa shape index (κ3) is 7.82. The van der Waals surface area contributed by atoms with Crippen LogP contribution in [0.5, 0.6) is 0 Å². The summed E-state index contributed by atoms with van der Waals surface area (Å²) in [5, 5.41) is 2.54. The molecule has 0 saturated carbocycles. The van der Waals surface area contributed by atoms with Crippen LogP contribution in [0.1, 0.15) is 64.2 Å². The number of ketones is 1. The SMILES string of the molecule is C#CCCCCCCCCC(=O)CC(=O)N[C@H]1CCOC1=O. The van der Waals surface area contributed by atoms with E-state index in [4.69, 9.17) is 11.2 Å². The van der Waals surface area contributed by atoms with Gasteiger partial charge in [0, 0.05) is 19.3 Å². The molecule has 0 aromatic heterocycles. The molecule has 1 aliphatic rings. The molecule has 1 aliphatic heterocycles. The van der Waals surface area contributed by atoms with E-state index >= 15 is 0 Å². The molecule has 1 amide bonds. The largest absolute Gasteiger partial charge is 0.464 e. The van der Waals surface area contributed by atoms with Crippen LogP contribution in [-0.4, -0.2) is 30.3 Å². The Morgan fingerprint density at radius 1 is 1.18 bits per heavy atom. The molecule has 5 heteroatoms. The number of terminal acetylenes is 1. The molecule has 0 aliphatic carbocycles. The van der Waals surface area contributed by atoms with E-state index in [1.165, 1.54) is 0 Å². The Morgan fingerprint density at radius 3 is 2.50 bits per heavy atom. The van der Waals surface area contributed by atoms with Crippen LogP contribution in [0.3, 0.4) is 0 Å². The first-order valence-electron chi connectivity index (χ1n) is 8.04. The van der Waals surface area contributed by atoms with Crippen LogP contribution in [0.4, 0.5) is 0 Å². The number of esters is 1. The first-order chi connectivity index (χ1) is 10.6. The summed E-state index contributed by atoms with van der Waals surface area (Å²) < 4.78 is 4.75. The Hall–Kier alpha value is -1.83. The average molecular weight is 307 g/mol. The highest BCUT2D eigenvalue weighted by Crippen LogP contribution is 2.10. The van der Waals surface area contributed by atoms with Crippen molar-refractivity contribution in [1.29, 1.82) is 0 Å². The van der Waals surface area contributed by atoms with Gasteiger partial charge in [0.2, 0.25) is 5.91 Å². The van der Waals surface area contributed by atoms with E-state index < -0.39 is 12.0 Å². The summed E-state index contributed by atoms with van der Waals surface area (Å²) in [5.41, 5.74) is 0. The lowest BCUT2D eigenvalue weighted by Crippen LogP contribution is -2.38. The highest BCUT2D eigenvalue weighted by Gasteiger charge is 2.28. The van der Waals surface area contributed by atoms with Crippen molar-refractivity contribution >= 4 is 17.7 Å². The average Bonchev–Trinajstić information content (AvgIpc) is 2.87. The monoisotopic (exact) mass is 307 g/mol. The predicted molar refractivity (Wildman–Crippen MR) is 82.9 cm³/mol. The molecule has 0 bridgehead atoms. The summed E-state index contributed by atoms with van der Waals surface area (Å²) in [5.74, 6) is 1.75. The van der Waals surface area contributed by atoms with Crippen molar-refractivity contribution in [3.8, 4) is 12.3 Å². The van der Waals surface area contributed by atoms with Gasteiger partial charge in [-0.05, 0) is 12.8 Å². The number of hydrogen-bond acceptors (Lipinski definition) is 4. The van der Waals surface area contributed by atoms with E-state index in [0.717, 1.165) is 44.9 Å². The van der Waals surface area contributed by atoms with Crippen LogP contribution in [0.2, 0.25) is 0 Å². The molecule has 0 aromatic carbocycles. The molecule has 1 atom stereocenters. The second-order valence-electron chi connectivity index (χ2n) is 5.62. The fourth-order valence-corrected chi connectivity index (χ4v) is 2.40. The smallest absolute Gasteiger partial charge is 0.328 e. The van der Waals surface area contributed by atoms with Crippen molar-refractivity contribution in [2.24, 2.45) is 0 Å². The number of hydrogen-bond donors (Lipinski definition) is 1. The van der Waals surface area contributed by atoms with Crippen molar-refractivity contribution in [1.82, 2.24) is 5.32 Å². The zero-order chi connectivity index (χ0) is 16.2. The molecule has 1 rings (SSSR count). The zero-order valence-corrected chi connectivity index (χ0v) is 13.1. The first kappa shape index (κ1) is 18.2. The maximum absolute atomic E-state index is 11.7. The minimum atomic E-state index is -0.580. The third-order valence-corrected chi connectivity index (χ3v) is 3.66. The zero-order valence-electron chi connectivity index (χ0n) is 13.1. The van der Waals surface area contributed by atoms with E-state index in [2.05, 4.69) is 11.2 Å². The number of carbonyl (C=O) groups excluding carboxylic acids is 3. The Morgan fingerprint density at radius 2 is 1.86 bits per heavy atom. The summed E-state index contributed by atoms with van der Waals surface area (Å²) in [6.45, 7) is 0.332. The summed E-state index contributed by atoms with van der Waals surface area (Å²) in [6, 6.07) is -0.580. The molecule has 1 saturated heterocycles. The molecule has 0 radical (unpaired) electrons. The summed E-state index contributed by atoms with van der Waals surface area (Å²) in [6.07, 6.45) is 13.0. The van der Waals surface area contributed by atoms with Gasteiger partial charge < -0.3 is 10.1 Å². The van der Waals surface area contributed by atoms with Crippen LogP contribution < -0.4 is 5.32 Å². The third-order valence-electron chi connectivity index (χ3n) is 3.66. The van der Waals surface area contributed by atoms with Crippen LogP contribution in [-0.2, 0) is 19.1 Å². The van der Waals surface area contributed by atoms with E-state index in [9.17, 15) is 14.4 Å². The fourth-order valence-electron chi connectivity index (χ4n) is 2.40. The number of nitrogens with one attached hydrogen (secondary N) is 1. The number of ether oxygens (including phenoxy) is 1. The van der Waals surface area contributed by atoms with Gasteiger partial charge in [-0.15, -0.1) is 12.3 Å². The van der Waals surface area contributed by atoms with Gasteiger partial charge in [0.15, 0.2) is 0 Å². The van der Waals surface area contributed by atoms with E-state index in [-0.39, 0.29) is 18.1 Å². The standard InChI is InChI=1S/C17H25NO4/c1-2-3-4-5-6-7-8-9-10-14(19)13-16(20)18-15-11-12-22-17(15)21/h1,15H,3-13H2,(H,18,20)/t15-/m0/s1. The molecular weight excluding hydrogens is 282 g/mol. The molecule has 22 heavy (non-hydrogen) atoms. The quantitative estimate of drug-likeness (QED) is 0.275. The molecule has 122 valence electrons. The number of carbonyl (C=O) groups is 3. The van der Waals surface area contributed by atoms with Crippen LogP contribution in [0.25, 0.3) is 0 Å². The minimum Gasteiger partial charge on any atom is -0.464 e. The summed E-state index contributed by atoms with van der Waals surface area (Å²) in [4.78, 5) is 34.5. The van der Waals surface area contributed by atoms with Gasteiger partial charge in [-0.3, -0.25) is 9.59 Å². The van der Waals surface area contributed by atoms with Crippen LogP contribution in [0, 0.1) is 12.3 Å². The Labute approximate surface area is 132 Å². The molecule has 0 unspecified atom stereocenters. The topological polar surface area (TPSA) is 72.5 Å². The molecule has 1 fully saturated rings. The number of cyclic esters (lactones) is 1. The Bertz CT molecular complexity index is 425. The van der Waals surface area contributed by atoms with Gasteiger partial charge in [0.1, 0.15) is 11.8 Å². The van der Waals surface area contributed by atoms with Crippen molar-refractivity contribution in [2.75, 3.05) is 6.61 Å². The molecule has 5 nitrogen and oxygen atoms in total. The lowest BCUT2D eigenvalue weighted by atomic mass is 10.1. The molecule has 0 aromatic rings. The molecule has 1 heterocycles. The van der Waals surface area contributed by atoms with Crippen molar-refractivity contribution < 1.29 is 19.1 Å². The lowest BCUT2D eigenvalue weighted by molar-refractivity contribution is -0.142. The lowest BCUT2D eigenvalue weighted by Gasteiger charge is -2.08. The fraction of sp³-hybridized carbons (Fsp3) is 0.706. The second-order valence-corrected chi connectivity index (χ2v) is 5.62. The predicted octanol–water partition coefficient (Wildman–Crippen LogP) is 2.13. The van der Waals surface area contributed by atoms with Gasteiger partial charge in [0.05, 0.1) is 13.0 Å². The van der Waals surface area contributed by atoms with E-state index in [1.54, 1.807) is 0 Å².